The van der Waals surface area contributed by atoms with E-state index in [0.29, 0.717) is 17.5 Å². The minimum absolute atomic E-state index is 0.154. The maximum absolute atomic E-state index is 13.2. The highest BCUT2D eigenvalue weighted by molar-refractivity contribution is 5.89. The fourth-order valence-corrected chi connectivity index (χ4v) is 5.25. The Hall–Kier alpha value is -2.47. The molecule has 32 heavy (non-hydrogen) atoms. The van der Waals surface area contributed by atoms with Crippen LogP contribution in [0.4, 0.5) is 19.3 Å². The van der Waals surface area contributed by atoms with Crippen LogP contribution in [-0.4, -0.2) is 36.6 Å². The number of hydrogen-bond acceptors (Lipinski definition) is 2. The molecule has 2 aromatic rings. The Kier molecular flexibility index (Phi) is 7.74. The average Bonchev–Trinajstić information content (AvgIpc) is 2.79. The first-order chi connectivity index (χ1) is 15.5. The summed E-state index contributed by atoms with van der Waals surface area (Å²) in [6.45, 7) is 3.16. The van der Waals surface area contributed by atoms with Gasteiger partial charge in [-0.25, -0.2) is 13.6 Å². The number of amides is 2. The number of halogens is 2. The molecule has 0 aromatic heterocycles. The lowest BCUT2D eigenvalue weighted by Crippen LogP contribution is -2.49. The molecule has 1 aliphatic heterocycles. The number of urea groups is 1. The van der Waals surface area contributed by atoms with Gasteiger partial charge in [-0.15, -0.1) is 0 Å². The van der Waals surface area contributed by atoms with Crippen molar-refractivity contribution in [1.29, 1.82) is 0 Å². The summed E-state index contributed by atoms with van der Waals surface area (Å²) in [7, 11) is 0. The van der Waals surface area contributed by atoms with Gasteiger partial charge in [0.05, 0.1) is 0 Å². The van der Waals surface area contributed by atoms with Crippen LogP contribution in [0.25, 0.3) is 0 Å². The third kappa shape index (κ3) is 6.52. The van der Waals surface area contributed by atoms with Crippen LogP contribution in [0.5, 0.6) is 0 Å². The molecule has 6 heteroatoms. The summed E-state index contributed by atoms with van der Waals surface area (Å²) in [6.07, 6.45) is 7.83. The predicted octanol–water partition coefficient (Wildman–Crippen LogP) is 5.60. The molecule has 2 amide bonds. The molecule has 172 valence electrons. The molecule has 3 atom stereocenters. The van der Waals surface area contributed by atoms with E-state index in [1.165, 1.54) is 37.0 Å². The molecule has 0 unspecified atom stereocenters. The van der Waals surface area contributed by atoms with Crippen molar-refractivity contribution in [3.05, 3.63) is 65.7 Å². The van der Waals surface area contributed by atoms with E-state index in [1.54, 1.807) is 24.3 Å². The molecule has 1 saturated heterocycles. The molecule has 1 aliphatic carbocycles. The van der Waals surface area contributed by atoms with E-state index in [1.807, 2.05) is 12.1 Å². The molecular weight excluding hydrogens is 408 g/mol. The second kappa shape index (κ2) is 10.9. The summed E-state index contributed by atoms with van der Waals surface area (Å²) < 4.78 is 26.3. The highest BCUT2D eigenvalue weighted by atomic mass is 19.1. The van der Waals surface area contributed by atoms with Crippen LogP contribution in [0.1, 0.15) is 44.1 Å². The van der Waals surface area contributed by atoms with Crippen molar-refractivity contribution >= 4 is 11.7 Å². The molecule has 2 aliphatic rings. The smallest absolute Gasteiger partial charge is 0.319 e. The number of carbonyl (C=O) groups is 1. The Labute approximate surface area is 189 Å². The zero-order valence-electron chi connectivity index (χ0n) is 18.5. The third-order valence-corrected chi connectivity index (χ3v) is 6.86. The highest BCUT2D eigenvalue weighted by Crippen LogP contribution is 2.28. The Morgan fingerprint density at radius 3 is 2.34 bits per heavy atom. The van der Waals surface area contributed by atoms with Gasteiger partial charge in [0.1, 0.15) is 11.6 Å². The number of nitrogens with zero attached hydrogens (tertiary/aromatic N) is 1. The van der Waals surface area contributed by atoms with Crippen molar-refractivity contribution in [3.8, 4) is 0 Å². The van der Waals surface area contributed by atoms with Crippen LogP contribution < -0.4 is 10.6 Å². The SMILES string of the molecule is O=C(Nc1ccc(F)cc1)N[C@@H]1CCCC[C@H]1CN1CCC[C@@H](Cc2ccc(F)cc2)C1. The predicted molar refractivity (Wildman–Crippen MR) is 124 cm³/mol. The largest absolute Gasteiger partial charge is 0.335 e. The van der Waals surface area contributed by atoms with Crippen LogP contribution in [0.3, 0.4) is 0 Å². The van der Waals surface area contributed by atoms with Crippen LogP contribution in [0, 0.1) is 23.5 Å². The van der Waals surface area contributed by atoms with Crippen molar-refractivity contribution in [2.75, 3.05) is 25.0 Å². The van der Waals surface area contributed by atoms with Crippen molar-refractivity contribution in [2.45, 2.75) is 51.0 Å². The van der Waals surface area contributed by atoms with Gasteiger partial charge >= 0.3 is 6.03 Å². The van der Waals surface area contributed by atoms with Crippen molar-refractivity contribution in [3.63, 3.8) is 0 Å². The standard InChI is InChI=1S/C26H33F2N3O/c27-22-9-7-19(8-10-22)16-20-4-3-15-31(17-20)18-21-5-1-2-6-25(21)30-26(32)29-24-13-11-23(28)12-14-24/h7-14,20-21,25H,1-6,15-18H2,(H2,29,30,32)/t20-,21-,25+/m0/s1. The summed E-state index contributed by atoms with van der Waals surface area (Å²) in [5.41, 5.74) is 1.80. The number of piperidine rings is 1. The fourth-order valence-electron chi connectivity index (χ4n) is 5.25. The quantitative estimate of drug-likeness (QED) is 0.613. The molecule has 0 bridgehead atoms. The molecule has 1 heterocycles. The molecular formula is C26H33F2N3O. The summed E-state index contributed by atoms with van der Waals surface area (Å²) >= 11 is 0. The summed E-state index contributed by atoms with van der Waals surface area (Å²) in [6, 6.07) is 12.7. The number of carbonyl (C=O) groups excluding carboxylic acids is 1. The highest BCUT2D eigenvalue weighted by Gasteiger charge is 2.30. The zero-order chi connectivity index (χ0) is 22.3. The van der Waals surface area contributed by atoms with Gasteiger partial charge in [0, 0.05) is 24.8 Å². The Morgan fingerprint density at radius 1 is 0.906 bits per heavy atom. The van der Waals surface area contributed by atoms with Gasteiger partial charge in [-0.05, 0) is 92.4 Å². The number of rotatable bonds is 6. The maximum atomic E-state index is 13.2. The first kappa shape index (κ1) is 22.7. The van der Waals surface area contributed by atoms with Gasteiger partial charge in [0.25, 0.3) is 0 Å². The Balaban J connectivity index is 1.29. The van der Waals surface area contributed by atoms with Gasteiger partial charge in [-0.3, -0.25) is 0 Å². The van der Waals surface area contributed by atoms with Crippen LogP contribution in [0.2, 0.25) is 0 Å². The van der Waals surface area contributed by atoms with Crippen molar-refractivity contribution in [2.24, 2.45) is 11.8 Å². The number of hydrogen-bond donors (Lipinski definition) is 2. The number of nitrogens with one attached hydrogen (secondary N) is 2. The first-order valence-corrected chi connectivity index (χ1v) is 11.8. The molecule has 0 spiro atoms. The summed E-state index contributed by atoms with van der Waals surface area (Å²) in [5, 5.41) is 5.99. The van der Waals surface area contributed by atoms with E-state index >= 15 is 0 Å². The molecule has 0 radical (unpaired) electrons. The van der Waals surface area contributed by atoms with Gasteiger partial charge in [-0.1, -0.05) is 25.0 Å². The maximum Gasteiger partial charge on any atom is 0.319 e. The molecule has 4 nitrogen and oxygen atoms in total. The summed E-state index contributed by atoms with van der Waals surface area (Å²) in [5.74, 6) is 0.527. The van der Waals surface area contributed by atoms with Gasteiger partial charge in [-0.2, -0.15) is 0 Å². The van der Waals surface area contributed by atoms with Gasteiger partial charge in [0.2, 0.25) is 0 Å². The van der Waals surface area contributed by atoms with Crippen LogP contribution >= 0.6 is 0 Å². The molecule has 1 saturated carbocycles. The first-order valence-electron chi connectivity index (χ1n) is 11.8. The number of benzene rings is 2. The van der Waals surface area contributed by atoms with E-state index in [0.717, 1.165) is 45.3 Å². The van der Waals surface area contributed by atoms with Crippen LogP contribution in [0.15, 0.2) is 48.5 Å². The minimum atomic E-state index is -0.317. The van der Waals surface area contributed by atoms with Gasteiger partial charge in [0.15, 0.2) is 0 Å². The minimum Gasteiger partial charge on any atom is -0.335 e. The Morgan fingerprint density at radius 2 is 1.59 bits per heavy atom. The zero-order valence-corrected chi connectivity index (χ0v) is 18.5. The van der Waals surface area contributed by atoms with E-state index in [4.69, 9.17) is 0 Å². The molecule has 4 rings (SSSR count). The summed E-state index contributed by atoms with van der Waals surface area (Å²) in [4.78, 5) is 15.1. The van der Waals surface area contributed by atoms with E-state index in [9.17, 15) is 13.6 Å². The second-order valence-corrected chi connectivity index (χ2v) is 9.35. The van der Waals surface area contributed by atoms with E-state index in [2.05, 4.69) is 15.5 Å². The van der Waals surface area contributed by atoms with Crippen molar-refractivity contribution < 1.29 is 13.6 Å². The third-order valence-electron chi connectivity index (χ3n) is 6.86. The second-order valence-electron chi connectivity index (χ2n) is 9.35. The number of anilines is 1. The molecule has 2 aromatic carbocycles. The lowest BCUT2D eigenvalue weighted by atomic mass is 9.83. The van der Waals surface area contributed by atoms with Crippen molar-refractivity contribution in [1.82, 2.24) is 10.2 Å². The molecule has 2 N–H and O–H groups in total. The normalized spacial score (nSPS) is 24.1. The van der Waals surface area contributed by atoms with Gasteiger partial charge < -0.3 is 15.5 Å². The topological polar surface area (TPSA) is 44.4 Å². The monoisotopic (exact) mass is 441 g/mol. The lowest BCUT2D eigenvalue weighted by Gasteiger charge is -2.39. The number of likely N-dealkylation sites (tertiary alicyclic amines) is 1. The van der Waals surface area contributed by atoms with Crippen LogP contribution in [-0.2, 0) is 6.42 Å². The fraction of sp³-hybridized carbons (Fsp3) is 0.500. The van der Waals surface area contributed by atoms with E-state index in [-0.39, 0.29) is 23.7 Å². The Bertz CT molecular complexity index is 872. The lowest BCUT2D eigenvalue weighted by molar-refractivity contribution is 0.123. The molecule has 2 fully saturated rings. The average molecular weight is 442 g/mol. The van der Waals surface area contributed by atoms with E-state index < -0.39 is 0 Å².